The molecule has 1 aromatic heterocycles. The molecule has 0 saturated carbocycles. The molecule has 2 heterocycles. The quantitative estimate of drug-likeness (QED) is 0.797. The van der Waals surface area contributed by atoms with Crippen molar-refractivity contribution in [2.24, 2.45) is 0 Å². The van der Waals surface area contributed by atoms with Gasteiger partial charge in [-0.2, -0.15) is 0 Å². The summed E-state index contributed by atoms with van der Waals surface area (Å²) in [7, 11) is 0. The second-order valence-electron chi connectivity index (χ2n) is 3.44. The van der Waals surface area contributed by atoms with Crippen LogP contribution in [0.4, 0.5) is 8.78 Å². The van der Waals surface area contributed by atoms with Crippen molar-refractivity contribution in [2.75, 3.05) is 13.1 Å². The first-order valence-corrected chi connectivity index (χ1v) is 4.72. The number of nitrogens with one attached hydrogen (secondary N) is 1. The number of hydrogen-bond donors (Lipinski definition) is 1. The lowest BCUT2D eigenvalue weighted by Gasteiger charge is -2.19. The monoisotopic (exact) mass is 202 g/mol. The summed E-state index contributed by atoms with van der Waals surface area (Å²) in [6, 6.07) is 0. The van der Waals surface area contributed by atoms with Gasteiger partial charge in [0.2, 0.25) is 0 Å². The molecule has 1 atom stereocenters. The van der Waals surface area contributed by atoms with Crippen LogP contribution in [-0.4, -0.2) is 18.1 Å². The third-order valence-corrected chi connectivity index (χ3v) is 2.40. The van der Waals surface area contributed by atoms with Gasteiger partial charge in [0.15, 0.2) is 11.7 Å². The average Bonchev–Trinajstić information content (AvgIpc) is 2.68. The third-order valence-electron chi connectivity index (χ3n) is 2.40. The maximum Gasteiger partial charge on any atom is 0.297 e. The second-order valence-corrected chi connectivity index (χ2v) is 3.44. The van der Waals surface area contributed by atoms with Crippen molar-refractivity contribution in [3.05, 3.63) is 17.8 Å². The Kier molecular flexibility index (Phi) is 2.77. The zero-order valence-electron chi connectivity index (χ0n) is 7.67. The van der Waals surface area contributed by atoms with Crippen LogP contribution in [0.1, 0.15) is 36.8 Å². The molecule has 0 aromatic carbocycles. The Bertz CT molecular complexity index is 295. The number of hydrogen-bond acceptors (Lipinski definition) is 3. The molecular formula is C9H12F2N2O. The highest BCUT2D eigenvalue weighted by molar-refractivity contribution is 5.01. The lowest BCUT2D eigenvalue weighted by molar-refractivity contribution is 0.118. The zero-order chi connectivity index (χ0) is 9.97. The number of halogens is 2. The summed E-state index contributed by atoms with van der Waals surface area (Å²) in [5.74, 6) is 0.259. The number of piperidine rings is 1. The number of oxazole rings is 1. The topological polar surface area (TPSA) is 38.1 Å². The largest absolute Gasteiger partial charge is 0.439 e. The molecule has 1 aliphatic rings. The Balaban J connectivity index is 2.07. The molecule has 0 aliphatic carbocycles. The van der Waals surface area contributed by atoms with Gasteiger partial charge >= 0.3 is 0 Å². The molecule has 14 heavy (non-hydrogen) atoms. The van der Waals surface area contributed by atoms with Crippen LogP contribution >= 0.6 is 0 Å². The van der Waals surface area contributed by atoms with Crippen molar-refractivity contribution in [1.82, 2.24) is 10.3 Å². The molecule has 0 bridgehead atoms. The predicted octanol–water partition coefficient (Wildman–Crippen LogP) is 2.08. The van der Waals surface area contributed by atoms with Gasteiger partial charge in [0.1, 0.15) is 0 Å². The number of nitrogens with zero attached hydrogens (tertiary/aromatic N) is 1. The van der Waals surface area contributed by atoms with Crippen LogP contribution in [0, 0.1) is 0 Å². The Morgan fingerprint density at radius 2 is 2.43 bits per heavy atom. The molecule has 1 fully saturated rings. The van der Waals surface area contributed by atoms with Gasteiger partial charge in [0.05, 0.1) is 6.20 Å². The standard InChI is InChI=1S/C9H12F2N2O/c10-8(11)7-5-13-9(14-7)6-2-1-3-12-4-6/h5-6,8,12H,1-4H2. The van der Waals surface area contributed by atoms with Gasteiger partial charge in [0, 0.05) is 12.5 Å². The molecule has 3 nitrogen and oxygen atoms in total. The highest BCUT2D eigenvalue weighted by Crippen LogP contribution is 2.26. The van der Waals surface area contributed by atoms with E-state index in [1.807, 2.05) is 0 Å². The molecule has 1 aromatic rings. The van der Waals surface area contributed by atoms with E-state index in [0.717, 1.165) is 32.1 Å². The van der Waals surface area contributed by atoms with E-state index in [1.54, 1.807) is 0 Å². The van der Waals surface area contributed by atoms with Crippen molar-refractivity contribution in [2.45, 2.75) is 25.2 Å². The van der Waals surface area contributed by atoms with Crippen LogP contribution in [0.3, 0.4) is 0 Å². The fraction of sp³-hybridized carbons (Fsp3) is 0.667. The third kappa shape index (κ3) is 1.92. The van der Waals surface area contributed by atoms with Crippen molar-refractivity contribution < 1.29 is 13.2 Å². The molecule has 2 rings (SSSR count). The van der Waals surface area contributed by atoms with E-state index >= 15 is 0 Å². The summed E-state index contributed by atoms with van der Waals surface area (Å²) in [6.45, 7) is 1.75. The molecule has 78 valence electrons. The summed E-state index contributed by atoms with van der Waals surface area (Å²) in [6.07, 6.45) is 0.551. The summed E-state index contributed by atoms with van der Waals surface area (Å²) >= 11 is 0. The van der Waals surface area contributed by atoms with E-state index in [-0.39, 0.29) is 11.7 Å². The normalized spacial score (nSPS) is 22.9. The molecule has 1 N–H and O–H groups in total. The Morgan fingerprint density at radius 3 is 3.00 bits per heavy atom. The molecule has 0 radical (unpaired) electrons. The van der Waals surface area contributed by atoms with Gasteiger partial charge in [0.25, 0.3) is 6.43 Å². The highest BCUT2D eigenvalue weighted by atomic mass is 19.3. The molecule has 1 aliphatic heterocycles. The first-order valence-electron chi connectivity index (χ1n) is 4.72. The summed E-state index contributed by atoms with van der Waals surface area (Å²) in [4.78, 5) is 3.87. The van der Waals surface area contributed by atoms with Crippen molar-refractivity contribution in [3.63, 3.8) is 0 Å². The summed E-state index contributed by atoms with van der Waals surface area (Å²) < 4.78 is 29.4. The zero-order valence-corrected chi connectivity index (χ0v) is 7.67. The van der Waals surface area contributed by atoms with E-state index in [4.69, 9.17) is 4.42 Å². The predicted molar refractivity (Wildman–Crippen MR) is 46.3 cm³/mol. The number of alkyl halides is 2. The van der Waals surface area contributed by atoms with Crippen LogP contribution in [0.15, 0.2) is 10.6 Å². The fourth-order valence-electron chi connectivity index (χ4n) is 1.65. The van der Waals surface area contributed by atoms with Crippen molar-refractivity contribution >= 4 is 0 Å². The summed E-state index contributed by atoms with van der Waals surface area (Å²) in [5, 5.41) is 3.18. The van der Waals surface area contributed by atoms with Gasteiger partial charge in [-0.05, 0) is 19.4 Å². The van der Waals surface area contributed by atoms with Crippen LogP contribution < -0.4 is 5.32 Å². The number of rotatable bonds is 2. The molecule has 1 unspecified atom stereocenters. The van der Waals surface area contributed by atoms with Crippen LogP contribution in [0.5, 0.6) is 0 Å². The molecule has 0 spiro atoms. The second kappa shape index (κ2) is 4.04. The molecular weight excluding hydrogens is 190 g/mol. The van der Waals surface area contributed by atoms with E-state index in [0.29, 0.717) is 5.89 Å². The number of aromatic nitrogens is 1. The molecule has 0 amide bonds. The fourth-order valence-corrected chi connectivity index (χ4v) is 1.65. The highest BCUT2D eigenvalue weighted by Gasteiger charge is 2.22. The Hall–Kier alpha value is -0.970. The minimum Gasteiger partial charge on any atom is -0.439 e. The first kappa shape index (κ1) is 9.58. The lowest BCUT2D eigenvalue weighted by Crippen LogP contribution is -2.28. The molecule has 5 heteroatoms. The van der Waals surface area contributed by atoms with Crippen molar-refractivity contribution in [3.8, 4) is 0 Å². The van der Waals surface area contributed by atoms with Crippen molar-refractivity contribution in [1.29, 1.82) is 0 Å². The first-order chi connectivity index (χ1) is 6.77. The van der Waals surface area contributed by atoms with Gasteiger partial charge in [-0.25, -0.2) is 13.8 Å². The average molecular weight is 202 g/mol. The van der Waals surface area contributed by atoms with E-state index in [9.17, 15) is 8.78 Å². The van der Waals surface area contributed by atoms with E-state index < -0.39 is 6.43 Å². The maximum absolute atomic E-state index is 12.2. The Morgan fingerprint density at radius 1 is 1.57 bits per heavy atom. The van der Waals surface area contributed by atoms with Gasteiger partial charge < -0.3 is 9.73 Å². The van der Waals surface area contributed by atoms with Crippen LogP contribution in [0.2, 0.25) is 0 Å². The summed E-state index contributed by atoms with van der Waals surface area (Å²) in [5.41, 5.74) is 0. The van der Waals surface area contributed by atoms with Crippen LogP contribution in [-0.2, 0) is 0 Å². The molecule has 1 saturated heterocycles. The van der Waals surface area contributed by atoms with Gasteiger partial charge in [-0.1, -0.05) is 0 Å². The minimum absolute atomic E-state index is 0.149. The lowest BCUT2D eigenvalue weighted by atomic mass is 10.00. The van der Waals surface area contributed by atoms with Gasteiger partial charge in [-0.3, -0.25) is 0 Å². The smallest absolute Gasteiger partial charge is 0.297 e. The SMILES string of the molecule is FC(F)c1cnc(C2CCCNC2)o1. The van der Waals surface area contributed by atoms with Gasteiger partial charge in [-0.15, -0.1) is 0 Å². The minimum atomic E-state index is -2.56. The maximum atomic E-state index is 12.2. The van der Waals surface area contributed by atoms with E-state index in [2.05, 4.69) is 10.3 Å². The Labute approximate surface area is 80.5 Å². The van der Waals surface area contributed by atoms with E-state index in [1.165, 1.54) is 0 Å². The van der Waals surface area contributed by atoms with Crippen LogP contribution in [0.25, 0.3) is 0 Å².